The van der Waals surface area contributed by atoms with Crippen LogP contribution in [0.25, 0.3) is 0 Å². The standard InChI is InChI=1S/C28H42F2O3/c1-4-9-24(32-17-8-18-33-28(31)6-3)12-7-11-21-13-15-22(16-14-21)23-19-26(29)25(10-5-2)27(30)20-23/h6,19-22,24H,3-5,7-18H2,1-2H3. The number of rotatable bonds is 15. The summed E-state index contributed by atoms with van der Waals surface area (Å²) in [6, 6.07) is 3.15. The lowest BCUT2D eigenvalue weighted by atomic mass is 9.76. The van der Waals surface area contributed by atoms with Crippen LogP contribution in [0, 0.1) is 17.6 Å². The Morgan fingerprint density at radius 3 is 2.36 bits per heavy atom. The zero-order valence-corrected chi connectivity index (χ0v) is 20.6. The highest BCUT2D eigenvalue weighted by Gasteiger charge is 2.24. The van der Waals surface area contributed by atoms with Gasteiger partial charge in [-0.05, 0) is 74.5 Å². The van der Waals surface area contributed by atoms with E-state index in [9.17, 15) is 13.6 Å². The fourth-order valence-corrected chi connectivity index (χ4v) is 4.94. The third-order valence-corrected chi connectivity index (χ3v) is 6.78. The van der Waals surface area contributed by atoms with E-state index in [0.29, 0.717) is 32.0 Å². The second-order valence-corrected chi connectivity index (χ2v) is 9.37. The highest BCUT2D eigenvalue weighted by Crippen LogP contribution is 2.38. The monoisotopic (exact) mass is 464 g/mol. The lowest BCUT2D eigenvalue weighted by Gasteiger charge is -2.29. The highest BCUT2D eigenvalue weighted by molar-refractivity contribution is 5.81. The average molecular weight is 465 g/mol. The van der Waals surface area contributed by atoms with Crippen LogP contribution in [-0.2, 0) is 20.7 Å². The molecule has 3 nitrogen and oxygen atoms in total. The van der Waals surface area contributed by atoms with E-state index in [2.05, 4.69) is 13.5 Å². The van der Waals surface area contributed by atoms with Gasteiger partial charge in [0.1, 0.15) is 11.6 Å². The fourth-order valence-electron chi connectivity index (χ4n) is 4.94. The molecule has 1 aromatic rings. The third kappa shape index (κ3) is 9.56. The summed E-state index contributed by atoms with van der Waals surface area (Å²) in [5, 5.41) is 0. The van der Waals surface area contributed by atoms with E-state index >= 15 is 0 Å². The molecule has 5 heteroatoms. The molecule has 1 aromatic carbocycles. The Hall–Kier alpha value is -1.75. The van der Waals surface area contributed by atoms with Gasteiger partial charge in [0.05, 0.1) is 19.3 Å². The lowest BCUT2D eigenvalue weighted by molar-refractivity contribution is -0.138. The third-order valence-electron chi connectivity index (χ3n) is 6.78. The van der Waals surface area contributed by atoms with Gasteiger partial charge in [-0.2, -0.15) is 0 Å². The molecule has 33 heavy (non-hydrogen) atoms. The molecular weight excluding hydrogens is 422 g/mol. The predicted octanol–water partition coefficient (Wildman–Crippen LogP) is 7.67. The molecule has 1 saturated carbocycles. The van der Waals surface area contributed by atoms with Crippen molar-refractivity contribution in [2.75, 3.05) is 13.2 Å². The van der Waals surface area contributed by atoms with Crippen LogP contribution in [0.4, 0.5) is 8.78 Å². The molecule has 0 heterocycles. The van der Waals surface area contributed by atoms with Crippen molar-refractivity contribution in [1.82, 2.24) is 0 Å². The smallest absolute Gasteiger partial charge is 0.330 e. The van der Waals surface area contributed by atoms with Gasteiger partial charge in [0.25, 0.3) is 0 Å². The molecule has 2 rings (SSSR count). The van der Waals surface area contributed by atoms with E-state index in [1.165, 1.54) is 12.5 Å². The van der Waals surface area contributed by atoms with Gasteiger partial charge in [-0.1, -0.05) is 46.1 Å². The molecule has 0 aliphatic heterocycles. The van der Waals surface area contributed by atoms with Crippen molar-refractivity contribution in [2.45, 2.75) is 103 Å². The first-order chi connectivity index (χ1) is 16.0. The number of hydrogen-bond acceptors (Lipinski definition) is 3. The molecule has 1 fully saturated rings. The summed E-state index contributed by atoms with van der Waals surface area (Å²) in [6.07, 6.45) is 13.1. The van der Waals surface area contributed by atoms with Crippen LogP contribution in [0.3, 0.4) is 0 Å². The van der Waals surface area contributed by atoms with Gasteiger partial charge < -0.3 is 9.47 Å². The minimum Gasteiger partial charge on any atom is -0.462 e. The van der Waals surface area contributed by atoms with Gasteiger partial charge in [0.15, 0.2) is 0 Å². The molecule has 1 unspecified atom stereocenters. The fraction of sp³-hybridized carbons (Fsp3) is 0.679. The van der Waals surface area contributed by atoms with Gasteiger partial charge in [0, 0.05) is 18.1 Å². The van der Waals surface area contributed by atoms with Crippen molar-refractivity contribution in [3.8, 4) is 0 Å². The number of esters is 1. The van der Waals surface area contributed by atoms with Crippen molar-refractivity contribution in [1.29, 1.82) is 0 Å². The van der Waals surface area contributed by atoms with Crippen molar-refractivity contribution in [2.24, 2.45) is 5.92 Å². The Morgan fingerprint density at radius 1 is 1.06 bits per heavy atom. The number of halogens is 2. The van der Waals surface area contributed by atoms with E-state index in [1.54, 1.807) is 12.1 Å². The maximum absolute atomic E-state index is 14.3. The van der Waals surface area contributed by atoms with E-state index in [0.717, 1.165) is 63.4 Å². The molecule has 1 aliphatic rings. The zero-order chi connectivity index (χ0) is 24.1. The van der Waals surface area contributed by atoms with Crippen LogP contribution in [0.15, 0.2) is 24.8 Å². The summed E-state index contributed by atoms with van der Waals surface area (Å²) in [6.45, 7) is 8.46. The molecule has 0 saturated heterocycles. The van der Waals surface area contributed by atoms with Crippen molar-refractivity contribution in [3.05, 3.63) is 47.5 Å². The molecule has 0 N–H and O–H groups in total. The number of carbonyl (C=O) groups excluding carboxylic acids is 1. The van der Waals surface area contributed by atoms with Crippen LogP contribution >= 0.6 is 0 Å². The maximum atomic E-state index is 14.3. The van der Waals surface area contributed by atoms with Crippen molar-refractivity contribution < 1.29 is 23.0 Å². The largest absolute Gasteiger partial charge is 0.462 e. The quantitative estimate of drug-likeness (QED) is 0.152. The first-order valence-corrected chi connectivity index (χ1v) is 12.9. The minimum absolute atomic E-state index is 0.233. The first-order valence-electron chi connectivity index (χ1n) is 12.9. The highest BCUT2D eigenvalue weighted by atomic mass is 19.1. The van der Waals surface area contributed by atoms with Gasteiger partial charge in [-0.25, -0.2) is 13.6 Å². The first kappa shape index (κ1) is 27.5. The average Bonchev–Trinajstić information content (AvgIpc) is 2.81. The second-order valence-electron chi connectivity index (χ2n) is 9.37. The maximum Gasteiger partial charge on any atom is 0.330 e. The molecule has 1 aliphatic carbocycles. The molecular formula is C28H42F2O3. The zero-order valence-electron chi connectivity index (χ0n) is 20.6. The normalized spacial score (nSPS) is 19.3. The van der Waals surface area contributed by atoms with Gasteiger partial charge in [0.2, 0.25) is 0 Å². The van der Waals surface area contributed by atoms with Crippen LogP contribution < -0.4 is 0 Å². The summed E-state index contributed by atoms with van der Waals surface area (Å²) < 4.78 is 39.7. The van der Waals surface area contributed by atoms with Crippen LogP contribution in [0.5, 0.6) is 0 Å². The Balaban J connectivity index is 1.69. The molecule has 1 atom stereocenters. The van der Waals surface area contributed by atoms with Gasteiger partial charge in [-0.3, -0.25) is 0 Å². The Bertz CT molecular complexity index is 703. The predicted molar refractivity (Wildman–Crippen MR) is 129 cm³/mol. The summed E-state index contributed by atoms with van der Waals surface area (Å²) >= 11 is 0. The topological polar surface area (TPSA) is 35.5 Å². The summed E-state index contributed by atoms with van der Waals surface area (Å²) in [5.74, 6) is -0.189. The Morgan fingerprint density at radius 2 is 1.76 bits per heavy atom. The van der Waals surface area contributed by atoms with E-state index in [-0.39, 0.29) is 29.2 Å². The van der Waals surface area contributed by atoms with Crippen LogP contribution in [0.1, 0.15) is 102 Å². The number of benzene rings is 1. The van der Waals surface area contributed by atoms with Crippen molar-refractivity contribution in [3.63, 3.8) is 0 Å². The SMILES string of the molecule is C=CC(=O)OCCCOC(CCC)CCCC1CCC(c2cc(F)c(CCC)c(F)c2)CC1. The molecule has 0 amide bonds. The van der Waals surface area contributed by atoms with Crippen LogP contribution in [0.2, 0.25) is 0 Å². The Labute approximate surface area is 198 Å². The van der Waals surface area contributed by atoms with E-state index < -0.39 is 5.97 Å². The molecule has 0 bridgehead atoms. The molecule has 186 valence electrons. The summed E-state index contributed by atoms with van der Waals surface area (Å²) in [4.78, 5) is 11.1. The summed E-state index contributed by atoms with van der Waals surface area (Å²) in [7, 11) is 0. The molecule has 0 spiro atoms. The second kappa shape index (κ2) is 15.2. The number of carbonyl (C=O) groups is 1. The van der Waals surface area contributed by atoms with Gasteiger partial charge in [-0.15, -0.1) is 0 Å². The molecule has 0 aromatic heterocycles. The number of hydrogen-bond donors (Lipinski definition) is 0. The number of ether oxygens (including phenoxy) is 2. The minimum atomic E-state index is -0.390. The molecule has 0 radical (unpaired) electrons. The summed E-state index contributed by atoms with van der Waals surface area (Å²) in [5.41, 5.74) is 1.06. The van der Waals surface area contributed by atoms with Crippen molar-refractivity contribution >= 4 is 5.97 Å². The van der Waals surface area contributed by atoms with E-state index in [4.69, 9.17) is 9.47 Å². The van der Waals surface area contributed by atoms with E-state index in [1.807, 2.05) is 6.92 Å². The Kier molecular flexibility index (Phi) is 12.7. The van der Waals surface area contributed by atoms with Crippen LogP contribution in [-0.4, -0.2) is 25.3 Å². The lowest BCUT2D eigenvalue weighted by Crippen LogP contribution is -2.17. The van der Waals surface area contributed by atoms with Gasteiger partial charge >= 0.3 is 5.97 Å².